The summed E-state index contributed by atoms with van der Waals surface area (Å²) < 4.78 is 16.4. The molecule has 6 heteroatoms. The van der Waals surface area contributed by atoms with Crippen LogP contribution in [0.2, 0.25) is 0 Å². The quantitative estimate of drug-likeness (QED) is 0.778. The molecule has 0 unspecified atom stereocenters. The first-order chi connectivity index (χ1) is 11.1. The third-order valence-corrected chi connectivity index (χ3v) is 4.34. The number of rotatable bonds is 5. The highest BCUT2D eigenvalue weighted by Crippen LogP contribution is 2.20. The summed E-state index contributed by atoms with van der Waals surface area (Å²) in [6, 6.07) is 15.6. The molecule has 5 nitrogen and oxygen atoms in total. The Kier molecular flexibility index (Phi) is 4.52. The van der Waals surface area contributed by atoms with Gasteiger partial charge in [0.05, 0.1) is 0 Å². The molecule has 0 spiro atoms. The predicted molar refractivity (Wildman–Crippen MR) is 90.6 cm³/mol. The smallest absolute Gasteiger partial charge is 0.223 e. The molecule has 118 valence electrons. The lowest BCUT2D eigenvalue weighted by atomic mass is 10.1. The van der Waals surface area contributed by atoms with Gasteiger partial charge in [0.1, 0.15) is 0 Å². The van der Waals surface area contributed by atoms with Gasteiger partial charge in [-0.25, -0.2) is 0 Å². The van der Waals surface area contributed by atoms with Crippen molar-refractivity contribution < 1.29 is 8.73 Å². The van der Waals surface area contributed by atoms with E-state index in [-0.39, 0.29) is 0 Å². The number of hydrogen-bond donors (Lipinski definition) is 1. The highest BCUT2D eigenvalue weighted by atomic mass is 32.2. The molecule has 0 radical (unpaired) electrons. The normalized spacial score (nSPS) is 12.1. The number of nitrogens with zero attached hydrogens (tertiary/aromatic N) is 2. The Morgan fingerprint density at radius 3 is 2.61 bits per heavy atom. The van der Waals surface area contributed by atoms with Crippen LogP contribution in [-0.2, 0) is 17.3 Å². The van der Waals surface area contributed by atoms with Crippen molar-refractivity contribution in [1.82, 2.24) is 10.1 Å². The molecule has 3 aromatic rings. The van der Waals surface area contributed by atoms with Crippen molar-refractivity contribution >= 4 is 16.5 Å². The summed E-state index contributed by atoms with van der Waals surface area (Å²) >= 11 is 0. The molecule has 1 N–H and O–H groups in total. The van der Waals surface area contributed by atoms with Crippen LogP contribution in [0.4, 0.5) is 5.69 Å². The summed E-state index contributed by atoms with van der Waals surface area (Å²) in [6.45, 7) is 2.46. The highest BCUT2D eigenvalue weighted by molar-refractivity contribution is 7.84. The van der Waals surface area contributed by atoms with Crippen molar-refractivity contribution in [3.05, 3.63) is 60.0 Å². The average molecular weight is 327 g/mol. The molecule has 0 aliphatic rings. The van der Waals surface area contributed by atoms with Crippen LogP contribution < -0.4 is 5.32 Å². The predicted octanol–water partition coefficient (Wildman–Crippen LogP) is 3.39. The fourth-order valence-corrected chi connectivity index (χ4v) is 2.71. The first-order valence-electron chi connectivity index (χ1n) is 7.19. The van der Waals surface area contributed by atoms with E-state index in [1.807, 2.05) is 48.5 Å². The minimum absolute atomic E-state index is 0.548. The maximum absolute atomic E-state index is 11.4. The van der Waals surface area contributed by atoms with E-state index in [4.69, 9.17) is 4.52 Å². The number of aryl methyl sites for hydroxylation is 1. The van der Waals surface area contributed by atoms with Gasteiger partial charge in [0.2, 0.25) is 11.7 Å². The Morgan fingerprint density at radius 1 is 1.17 bits per heavy atom. The molecule has 0 aliphatic carbocycles. The molecule has 1 atom stereocenters. The van der Waals surface area contributed by atoms with Gasteiger partial charge >= 0.3 is 0 Å². The lowest BCUT2D eigenvalue weighted by molar-refractivity contribution is 0.394. The van der Waals surface area contributed by atoms with Crippen LogP contribution in [0.1, 0.15) is 11.5 Å². The summed E-state index contributed by atoms with van der Waals surface area (Å²) in [5, 5.41) is 7.29. The van der Waals surface area contributed by atoms with Gasteiger partial charge in [0, 0.05) is 46.7 Å². The molecule has 0 saturated carbocycles. The van der Waals surface area contributed by atoms with Crippen LogP contribution in [0.25, 0.3) is 11.4 Å². The van der Waals surface area contributed by atoms with Crippen LogP contribution >= 0.6 is 0 Å². The van der Waals surface area contributed by atoms with E-state index in [0.717, 1.165) is 21.7 Å². The Morgan fingerprint density at radius 2 is 1.96 bits per heavy atom. The fourth-order valence-electron chi connectivity index (χ4n) is 2.19. The van der Waals surface area contributed by atoms with Crippen molar-refractivity contribution in [2.24, 2.45) is 0 Å². The zero-order chi connectivity index (χ0) is 16.2. The van der Waals surface area contributed by atoms with E-state index in [1.54, 1.807) is 13.2 Å². The van der Waals surface area contributed by atoms with E-state index < -0.39 is 10.8 Å². The number of nitrogens with one attached hydrogen (secondary N) is 1. The van der Waals surface area contributed by atoms with Gasteiger partial charge in [-0.05, 0) is 29.8 Å². The van der Waals surface area contributed by atoms with Gasteiger partial charge in [0.15, 0.2) is 0 Å². The highest BCUT2D eigenvalue weighted by Gasteiger charge is 2.06. The number of hydrogen-bond acceptors (Lipinski definition) is 5. The SMILES string of the molecule is Cc1nc(-c2cccc(NCc3ccc([S@](C)=O)cc3)c2)no1. The molecular formula is C17H17N3O2S. The third kappa shape index (κ3) is 3.84. The Hall–Kier alpha value is -2.47. The maximum Gasteiger partial charge on any atom is 0.223 e. The van der Waals surface area contributed by atoms with E-state index in [1.165, 1.54) is 0 Å². The fraction of sp³-hybridized carbons (Fsp3) is 0.176. The minimum Gasteiger partial charge on any atom is -0.381 e. The topological polar surface area (TPSA) is 68.0 Å². The van der Waals surface area contributed by atoms with Gasteiger partial charge in [-0.3, -0.25) is 4.21 Å². The molecular weight excluding hydrogens is 310 g/mol. The number of benzene rings is 2. The first kappa shape index (κ1) is 15.4. The van der Waals surface area contributed by atoms with E-state index in [9.17, 15) is 4.21 Å². The van der Waals surface area contributed by atoms with E-state index in [2.05, 4.69) is 15.5 Å². The Bertz CT molecular complexity index is 828. The van der Waals surface area contributed by atoms with Crippen LogP contribution in [0.5, 0.6) is 0 Å². The van der Waals surface area contributed by atoms with E-state index in [0.29, 0.717) is 18.3 Å². The van der Waals surface area contributed by atoms with Crippen molar-refractivity contribution in [2.75, 3.05) is 11.6 Å². The molecule has 0 amide bonds. The van der Waals surface area contributed by atoms with Gasteiger partial charge in [-0.15, -0.1) is 0 Å². The summed E-state index contributed by atoms with van der Waals surface area (Å²) in [4.78, 5) is 5.07. The van der Waals surface area contributed by atoms with Crippen molar-refractivity contribution in [1.29, 1.82) is 0 Å². The van der Waals surface area contributed by atoms with Crippen LogP contribution in [0, 0.1) is 6.92 Å². The van der Waals surface area contributed by atoms with Crippen LogP contribution in [0.3, 0.4) is 0 Å². The van der Waals surface area contributed by atoms with Gasteiger partial charge in [-0.1, -0.05) is 29.4 Å². The molecule has 0 bridgehead atoms. The van der Waals surface area contributed by atoms with Crippen LogP contribution in [-0.4, -0.2) is 20.6 Å². The van der Waals surface area contributed by atoms with Crippen LogP contribution in [0.15, 0.2) is 57.9 Å². The molecule has 2 aromatic carbocycles. The summed E-state index contributed by atoms with van der Waals surface area (Å²) in [5.41, 5.74) is 3.01. The maximum atomic E-state index is 11.4. The lowest BCUT2D eigenvalue weighted by Gasteiger charge is -2.08. The van der Waals surface area contributed by atoms with Crippen molar-refractivity contribution in [3.8, 4) is 11.4 Å². The first-order valence-corrected chi connectivity index (χ1v) is 8.74. The Balaban J connectivity index is 1.69. The van der Waals surface area contributed by atoms with Gasteiger partial charge in [0.25, 0.3) is 0 Å². The number of aromatic nitrogens is 2. The zero-order valence-corrected chi connectivity index (χ0v) is 13.8. The second-order valence-corrected chi connectivity index (χ2v) is 6.55. The van der Waals surface area contributed by atoms with Crippen molar-refractivity contribution in [3.63, 3.8) is 0 Å². The molecule has 3 rings (SSSR count). The van der Waals surface area contributed by atoms with Gasteiger partial charge < -0.3 is 9.84 Å². The summed E-state index contributed by atoms with van der Waals surface area (Å²) in [5.74, 6) is 1.13. The standard InChI is InChI=1S/C17H17N3O2S/c1-12-19-17(20-22-12)14-4-3-5-15(10-14)18-11-13-6-8-16(9-7-13)23(2)21/h3-10,18H,11H2,1-2H3/t23-/m0/s1. The molecule has 1 heterocycles. The minimum atomic E-state index is -0.943. The molecule has 0 fully saturated rings. The molecule has 23 heavy (non-hydrogen) atoms. The molecule has 0 saturated heterocycles. The average Bonchev–Trinajstić information content (AvgIpc) is 3.00. The summed E-state index contributed by atoms with van der Waals surface area (Å²) in [6.07, 6.45) is 1.68. The monoisotopic (exact) mass is 327 g/mol. The largest absolute Gasteiger partial charge is 0.381 e. The Labute approximate surface area is 137 Å². The van der Waals surface area contributed by atoms with Gasteiger partial charge in [-0.2, -0.15) is 4.98 Å². The van der Waals surface area contributed by atoms with Crippen molar-refractivity contribution in [2.45, 2.75) is 18.4 Å². The third-order valence-electron chi connectivity index (χ3n) is 3.40. The molecule has 1 aromatic heterocycles. The zero-order valence-electron chi connectivity index (χ0n) is 12.9. The second kappa shape index (κ2) is 6.75. The lowest BCUT2D eigenvalue weighted by Crippen LogP contribution is -2.00. The number of anilines is 1. The molecule has 0 aliphatic heterocycles. The van der Waals surface area contributed by atoms with E-state index >= 15 is 0 Å². The summed E-state index contributed by atoms with van der Waals surface area (Å²) in [7, 11) is -0.943. The second-order valence-electron chi connectivity index (χ2n) is 5.17.